The van der Waals surface area contributed by atoms with Crippen LogP contribution in [-0.2, 0) is 4.79 Å². The van der Waals surface area contributed by atoms with Crippen LogP contribution in [0.3, 0.4) is 0 Å². The lowest BCUT2D eigenvalue weighted by Crippen LogP contribution is -2.39. The molecule has 1 aromatic carbocycles. The maximum Gasteiger partial charge on any atom is 0.225 e. The van der Waals surface area contributed by atoms with E-state index in [2.05, 4.69) is 15.3 Å². The van der Waals surface area contributed by atoms with E-state index >= 15 is 0 Å². The van der Waals surface area contributed by atoms with Crippen molar-refractivity contribution < 1.29 is 9.90 Å². The number of hydrogen-bond donors (Lipinski definition) is 4. The van der Waals surface area contributed by atoms with Gasteiger partial charge in [0.25, 0.3) is 0 Å². The van der Waals surface area contributed by atoms with Crippen molar-refractivity contribution >= 4 is 40.2 Å². The Hall–Kier alpha value is -2.54. The van der Waals surface area contributed by atoms with Crippen molar-refractivity contribution in [1.29, 1.82) is 5.41 Å². The summed E-state index contributed by atoms with van der Waals surface area (Å²) in [5.41, 5.74) is 2.77. The molecule has 0 bridgehead atoms. The summed E-state index contributed by atoms with van der Waals surface area (Å²) in [5.74, 6) is 1.84. The Morgan fingerprint density at radius 3 is 2.59 bits per heavy atom. The molecule has 32 heavy (non-hydrogen) atoms. The molecule has 1 aliphatic heterocycles. The summed E-state index contributed by atoms with van der Waals surface area (Å²) in [4.78, 5) is 21.9. The molecule has 3 aliphatic rings. The summed E-state index contributed by atoms with van der Waals surface area (Å²) in [7, 11) is 0. The van der Waals surface area contributed by atoms with Crippen LogP contribution in [0.5, 0.6) is 0 Å². The monoisotopic (exact) mass is 455 g/mol. The zero-order valence-corrected chi connectivity index (χ0v) is 18.9. The fourth-order valence-corrected chi connectivity index (χ4v) is 4.77. The first-order valence-corrected chi connectivity index (χ1v) is 12.1. The number of nitrogens with zero attached hydrogens (tertiary/aromatic N) is 2. The van der Waals surface area contributed by atoms with Crippen molar-refractivity contribution in [3.8, 4) is 0 Å². The fraction of sp³-hybridized carbons (Fsp3) is 0.542. The van der Waals surface area contributed by atoms with Gasteiger partial charge in [-0.3, -0.25) is 10.1 Å². The summed E-state index contributed by atoms with van der Waals surface area (Å²) in [5, 5.41) is 23.1. The molecule has 7 nitrogen and oxygen atoms in total. The zero-order chi connectivity index (χ0) is 22.2. The highest BCUT2D eigenvalue weighted by atomic mass is 35.5. The average Bonchev–Trinajstić information content (AvgIpc) is 3.70. The molecule has 2 aromatic rings. The lowest BCUT2D eigenvalue weighted by Gasteiger charge is -2.32. The lowest BCUT2D eigenvalue weighted by molar-refractivity contribution is -0.133. The SMILES string of the molecule is N=C(/C(CCC1CCN(C(=O)C2CC2)CC1)=C(/O)Nc1nc2cc(Cl)ccc2[nH]1)C1CC1. The molecule has 0 atom stereocenters. The maximum atomic E-state index is 12.3. The van der Waals surface area contributed by atoms with Gasteiger partial charge < -0.3 is 20.4 Å². The highest BCUT2D eigenvalue weighted by molar-refractivity contribution is 6.31. The summed E-state index contributed by atoms with van der Waals surface area (Å²) in [6, 6.07) is 5.41. The van der Waals surface area contributed by atoms with Gasteiger partial charge in [-0.25, -0.2) is 4.98 Å². The molecule has 0 spiro atoms. The largest absolute Gasteiger partial charge is 0.494 e. The smallest absolute Gasteiger partial charge is 0.225 e. The van der Waals surface area contributed by atoms with E-state index in [0.29, 0.717) is 40.5 Å². The van der Waals surface area contributed by atoms with Crippen LogP contribution < -0.4 is 5.32 Å². The Bertz CT molecular complexity index is 1060. The second-order valence-corrected chi connectivity index (χ2v) is 9.91. The number of halogens is 1. The molecule has 170 valence electrons. The highest BCUT2D eigenvalue weighted by Crippen LogP contribution is 2.36. The average molecular weight is 456 g/mol. The van der Waals surface area contributed by atoms with E-state index in [4.69, 9.17) is 17.0 Å². The lowest BCUT2D eigenvalue weighted by atomic mass is 9.89. The van der Waals surface area contributed by atoms with Gasteiger partial charge in [0.2, 0.25) is 11.9 Å². The first kappa shape index (κ1) is 21.3. The van der Waals surface area contributed by atoms with Crippen LogP contribution in [-0.4, -0.2) is 44.7 Å². The van der Waals surface area contributed by atoms with Gasteiger partial charge in [-0.1, -0.05) is 11.6 Å². The Morgan fingerprint density at radius 2 is 1.91 bits per heavy atom. The second kappa shape index (κ2) is 8.77. The number of aliphatic hydroxyl groups excluding tert-OH is 1. The molecule has 2 heterocycles. The number of fused-ring (bicyclic) bond motifs is 1. The number of H-pyrrole nitrogens is 1. The molecular weight excluding hydrogens is 426 g/mol. The Balaban J connectivity index is 1.24. The number of rotatable bonds is 8. The minimum atomic E-state index is 0.00778. The number of hydrogen-bond acceptors (Lipinski definition) is 5. The summed E-state index contributed by atoms with van der Waals surface area (Å²) in [6.45, 7) is 1.68. The number of aromatic amines is 1. The van der Waals surface area contributed by atoms with Crippen molar-refractivity contribution in [2.75, 3.05) is 18.4 Å². The van der Waals surface area contributed by atoms with Crippen LogP contribution in [0.25, 0.3) is 11.0 Å². The van der Waals surface area contributed by atoms with Crippen LogP contribution in [0.2, 0.25) is 5.02 Å². The van der Waals surface area contributed by atoms with Crippen LogP contribution in [0, 0.1) is 23.2 Å². The number of aliphatic hydroxyl groups is 1. The molecule has 2 aliphatic carbocycles. The number of anilines is 1. The van der Waals surface area contributed by atoms with E-state index < -0.39 is 0 Å². The molecule has 1 saturated heterocycles. The number of nitrogens with one attached hydrogen (secondary N) is 3. The van der Waals surface area contributed by atoms with Gasteiger partial charge in [-0.05, 0) is 75.5 Å². The molecule has 0 radical (unpaired) electrons. The predicted octanol–water partition coefficient (Wildman–Crippen LogP) is 5.26. The van der Waals surface area contributed by atoms with E-state index in [1.165, 1.54) is 0 Å². The third-order valence-corrected chi connectivity index (χ3v) is 7.17. The fourth-order valence-electron chi connectivity index (χ4n) is 4.60. The topological polar surface area (TPSA) is 105 Å². The number of piperidine rings is 1. The number of imidazole rings is 1. The minimum Gasteiger partial charge on any atom is -0.494 e. The maximum absolute atomic E-state index is 12.3. The van der Waals surface area contributed by atoms with Gasteiger partial charge in [-0.2, -0.15) is 0 Å². The standard InChI is InChI=1S/C24H30ClN5O2/c25-17-6-8-19-20(13-17)28-24(27-19)29-22(31)18(21(26)15-2-3-15)7-1-14-9-11-30(12-10-14)23(32)16-4-5-16/h6,8,13-16,26,31H,1-5,7,9-12H2,(H2,27,28,29)/b22-18+,26-21?. The third kappa shape index (κ3) is 4.77. The quantitative estimate of drug-likeness (QED) is 0.322. The Morgan fingerprint density at radius 1 is 1.19 bits per heavy atom. The first-order valence-electron chi connectivity index (χ1n) is 11.7. The summed E-state index contributed by atoms with van der Waals surface area (Å²) in [6.07, 6.45) is 7.71. The molecule has 5 rings (SSSR count). The highest BCUT2D eigenvalue weighted by Gasteiger charge is 2.35. The normalized spacial score (nSPS) is 20.3. The van der Waals surface area contributed by atoms with Crippen LogP contribution in [0.15, 0.2) is 29.7 Å². The van der Waals surface area contributed by atoms with E-state index in [9.17, 15) is 9.90 Å². The van der Waals surface area contributed by atoms with Crippen LogP contribution >= 0.6 is 11.6 Å². The summed E-state index contributed by atoms with van der Waals surface area (Å²) >= 11 is 6.04. The number of carbonyl (C=O) groups excluding carboxylic acids is 1. The molecular formula is C24H30ClN5O2. The minimum absolute atomic E-state index is 0.00778. The number of carbonyl (C=O) groups is 1. The van der Waals surface area contributed by atoms with E-state index in [1.54, 1.807) is 12.1 Å². The molecule has 1 aromatic heterocycles. The van der Waals surface area contributed by atoms with E-state index in [0.717, 1.165) is 69.1 Å². The van der Waals surface area contributed by atoms with Gasteiger partial charge in [0, 0.05) is 41.2 Å². The van der Waals surface area contributed by atoms with Crippen molar-refractivity contribution in [2.24, 2.45) is 17.8 Å². The zero-order valence-electron chi connectivity index (χ0n) is 18.2. The van der Waals surface area contributed by atoms with Crippen molar-refractivity contribution in [3.05, 3.63) is 34.7 Å². The Labute approximate surface area is 192 Å². The third-order valence-electron chi connectivity index (χ3n) is 6.93. The molecule has 2 saturated carbocycles. The van der Waals surface area contributed by atoms with Crippen molar-refractivity contribution in [1.82, 2.24) is 14.9 Å². The molecule has 3 fully saturated rings. The first-order chi connectivity index (χ1) is 15.5. The number of aromatic nitrogens is 2. The molecule has 8 heteroatoms. The van der Waals surface area contributed by atoms with Crippen molar-refractivity contribution in [2.45, 2.75) is 51.4 Å². The molecule has 0 unspecified atom stereocenters. The molecule has 4 N–H and O–H groups in total. The van der Waals surface area contributed by atoms with E-state index in [-0.39, 0.29) is 17.7 Å². The van der Waals surface area contributed by atoms with Gasteiger partial charge in [0.1, 0.15) is 0 Å². The number of likely N-dealkylation sites (tertiary alicyclic amines) is 1. The van der Waals surface area contributed by atoms with Gasteiger partial charge >= 0.3 is 0 Å². The van der Waals surface area contributed by atoms with Crippen molar-refractivity contribution in [3.63, 3.8) is 0 Å². The number of amides is 1. The number of benzene rings is 1. The number of allylic oxidation sites excluding steroid dienone is 1. The van der Waals surface area contributed by atoms with Gasteiger partial charge in [0.05, 0.1) is 11.0 Å². The second-order valence-electron chi connectivity index (χ2n) is 9.47. The Kier molecular flexibility index (Phi) is 5.84. The van der Waals surface area contributed by atoms with Crippen LogP contribution in [0.4, 0.5) is 5.95 Å². The van der Waals surface area contributed by atoms with Gasteiger partial charge in [-0.15, -0.1) is 0 Å². The summed E-state index contributed by atoms with van der Waals surface area (Å²) < 4.78 is 0. The van der Waals surface area contributed by atoms with Gasteiger partial charge in [0.15, 0.2) is 5.88 Å². The molecule has 1 amide bonds. The predicted molar refractivity (Wildman–Crippen MR) is 126 cm³/mol. The van der Waals surface area contributed by atoms with E-state index in [1.807, 2.05) is 11.0 Å². The van der Waals surface area contributed by atoms with Crippen LogP contribution in [0.1, 0.15) is 51.4 Å².